The van der Waals surface area contributed by atoms with Crippen LogP contribution in [0.1, 0.15) is 24.7 Å². The zero-order valence-corrected chi connectivity index (χ0v) is 15.1. The van der Waals surface area contributed by atoms with Crippen LogP contribution >= 0.6 is 11.3 Å². The van der Waals surface area contributed by atoms with Gasteiger partial charge in [0.2, 0.25) is 0 Å². The van der Waals surface area contributed by atoms with Gasteiger partial charge in [0.1, 0.15) is 16.5 Å². The molecule has 1 fully saturated rings. The molecule has 4 nitrogen and oxygen atoms in total. The van der Waals surface area contributed by atoms with Gasteiger partial charge in [-0.2, -0.15) is 0 Å². The Morgan fingerprint density at radius 3 is 2.56 bits per heavy atom. The average molecular weight is 357 g/mol. The number of aryl methyl sites for hydroxylation is 1. The maximum absolute atomic E-state index is 13.3. The molecule has 0 amide bonds. The van der Waals surface area contributed by atoms with E-state index in [9.17, 15) is 9.18 Å². The summed E-state index contributed by atoms with van der Waals surface area (Å²) in [4.78, 5) is 21.0. The molecule has 0 saturated carbocycles. The number of aromatic nitrogens is 2. The van der Waals surface area contributed by atoms with Gasteiger partial charge in [0.05, 0.1) is 5.39 Å². The molecule has 3 heterocycles. The van der Waals surface area contributed by atoms with Crippen LogP contribution in [0.15, 0.2) is 34.4 Å². The fourth-order valence-corrected chi connectivity index (χ4v) is 4.61. The van der Waals surface area contributed by atoms with Gasteiger partial charge in [0, 0.05) is 17.0 Å². The average Bonchev–Trinajstić information content (AvgIpc) is 3.01. The molecule has 1 saturated heterocycles. The molecule has 1 aliphatic heterocycles. The highest BCUT2D eigenvalue weighted by atomic mass is 32.1. The highest BCUT2D eigenvalue weighted by Gasteiger charge is 2.23. The van der Waals surface area contributed by atoms with Crippen LogP contribution in [0.4, 0.5) is 4.39 Å². The fraction of sp³-hybridized carbons (Fsp3) is 0.368. The fourth-order valence-electron chi connectivity index (χ4n) is 3.63. The van der Waals surface area contributed by atoms with Crippen LogP contribution in [0.25, 0.3) is 21.3 Å². The second-order valence-electron chi connectivity index (χ2n) is 6.71. The lowest BCUT2D eigenvalue weighted by molar-refractivity contribution is 0.216. The summed E-state index contributed by atoms with van der Waals surface area (Å²) in [7, 11) is 2.11. The van der Waals surface area contributed by atoms with Crippen LogP contribution < -0.4 is 5.56 Å². The maximum Gasteiger partial charge on any atom is 0.263 e. The molecule has 0 atom stereocenters. The summed E-state index contributed by atoms with van der Waals surface area (Å²) in [5.41, 5.74) is 1.72. The second-order valence-corrected chi connectivity index (χ2v) is 7.56. The summed E-state index contributed by atoms with van der Waals surface area (Å²) in [6.45, 7) is 3.89. The third kappa shape index (κ3) is 2.89. The molecule has 1 aliphatic rings. The molecule has 3 aromatic rings. The van der Waals surface area contributed by atoms with Crippen molar-refractivity contribution in [1.29, 1.82) is 0 Å². The van der Waals surface area contributed by atoms with Gasteiger partial charge in [-0.25, -0.2) is 9.37 Å². The van der Waals surface area contributed by atoms with Gasteiger partial charge in [-0.3, -0.25) is 9.36 Å². The molecule has 4 rings (SSSR count). The summed E-state index contributed by atoms with van der Waals surface area (Å²) < 4.78 is 15.1. The van der Waals surface area contributed by atoms with Crippen LogP contribution in [-0.2, 0) is 0 Å². The smallest absolute Gasteiger partial charge is 0.263 e. The quantitative estimate of drug-likeness (QED) is 0.699. The van der Waals surface area contributed by atoms with Gasteiger partial charge in [0.25, 0.3) is 5.56 Å². The van der Waals surface area contributed by atoms with Crippen molar-refractivity contribution in [1.82, 2.24) is 14.5 Å². The normalized spacial score (nSPS) is 16.6. The van der Waals surface area contributed by atoms with E-state index in [4.69, 9.17) is 0 Å². The van der Waals surface area contributed by atoms with Crippen molar-refractivity contribution >= 4 is 21.6 Å². The first kappa shape index (κ1) is 16.4. The number of thiophene rings is 1. The van der Waals surface area contributed by atoms with E-state index in [1.807, 2.05) is 16.9 Å². The van der Waals surface area contributed by atoms with E-state index >= 15 is 0 Å². The molecule has 25 heavy (non-hydrogen) atoms. The zero-order chi connectivity index (χ0) is 17.6. The molecule has 0 N–H and O–H groups in total. The van der Waals surface area contributed by atoms with Crippen molar-refractivity contribution in [2.75, 3.05) is 20.1 Å². The molecule has 0 unspecified atom stereocenters. The minimum absolute atomic E-state index is 0.0256. The van der Waals surface area contributed by atoms with Gasteiger partial charge in [-0.1, -0.05) is 12.1 Å². The van der Waals surface area contributed by atoms with Crippen molar-refractivity contribution in [3.8, 4) is 11.1 Å². The summed E-state index contributed by atoms with van der Waals surface area (Å²) >= 11 is 1.47. The Morgan fingerprint density at radius 1 is 1.20 bits per heavy atom. The monoisotopic (exact) mass is 357 g/mol. The van der Waals surface area contributed by atoms with Crippen molar-refractivity contribution in [3.63, 3.8) is 0 Å². The maximum atomic E-state index is 13.3. The third-order valence-corrected chi connectivity index (χ3v) is 5.90. The van der Waals surface area contributed by atoms with E-state index in [2.05, 4.69) is 16.9 Å². The van der Waals surface area contributed by atoms with Crippen LogP contribution in [0.2, 0.25) is 0 Å². The zero-order valence-electron chi connectivity index (χ0n) is 14.3. The van der Waals surface area contributed by atoms with Crippen LogP contribution in [0, 0.1) is 12.7 Å². The van der Waals surface area contributed by atoms with Gasteiger partial charge >= 0.3 is 0 Å². The molecular formula is C19H20FN3OS. The lowest BCUT2D eigenvalue weighted by Crippen LogP contribution is -2.36. The standard InChI is InChI=1S/C19H20FN3OS/c1-12-21-18-17(16(11-25-18)13-3-5-14(20)6-4-13)19(24)23(12)15-7-9-22(2)10-8-15/h3-6,11,15H,7-10H2,1-2H3. The van der Waals surface area contributed by atoms with Crippen molar-refractivity contribution in [2.45, 2.75) is 25.8 Å². The largest absolute Gasteiger partial charge is 0.306 e. The van der Waals surface area contributed by atoms with E-state index in [1.165, 1.54) is 23.5 Å². The van der Waals surface area contributed by atoms with Gasteiger partial charge in [-0.15, -0.1) is 11.3 Å². The molecule has 0 spiro atoms. The van der Waals surface area contributed by atoms with Crippen molar-refractivity contribution < 1.29 is 4.39 Å². The Bertz CT molecular complexity index is 969. The molecule has 130 valence electrons. The number of nitrogens with zero attached hydrogens (tertiary/aromatic N) is 3. The molecule has 0 bridgehead atoms. The number of fused-ring (bicyclic) bond motifs is 1. The molecule has 0 radical (unpaired) electrons. The Labute approximate surface area is 149 Å². The second kappa shape index (κ2) is 6.35. The summed E-state index contributed by atoms with van der Waals surface area (Å²) in [6.07, 6.45) is 1.92. The van der Waals surface area contributed by atoms with Crippen molar-refractivity contribution in [3.05, 3.63) is 51.6 Å². The molecular weight excluding hydrogens is 337 g/mol. The van der Waals surface area contributed by atoms with E-state index in [0.29, 0.717) is 5.39 Å². The molecule has 0 aliphatic carbocycles. The third-order valence-electron chi connectivity index (χ3n) is 5.02. The summed E-state index contributed by atoms with van der Waals surface area (Å²) in [6, 6.07) is 6.49. The Morgan fingerprint density at radius 2 is 1.88 bits per heavy atom. The molecule has 6 heteroatoms. The number of hydrogen-bond donors (Lipinski definition) is 0. The van der Waals surface area contributed by atoms with E-state index in [-0.39, 0.29) is 17.4 Å². The lowest BCUT2D eigenvalue weighted by Gasteiger charge is -2.31. The van der Waals surface area contributed by atoms with Crippen LogP contribution in [0.3, 0.4) is 0 Å². The van der Waals surface area contributed by atoms with E-state index < -0.39 is 0 Å². The minimum atomic E-state index is -0.277. The SMILES string of the molecule is Cc1nc2scc(-c3ccc(F)cc3)c2c(=O)n1C1CCN(C)CC1. The first-order chi connectivity index (χ1) is 12.0. The first-order valence-electron chi connectivity index (χ1n) is 8.49. The van der Waals surface area contributed by atoms with E-state index in [1.54, 1.807) is 12.1 Å². The Hall–Kier alpha value is -2.05. The van der Waals surface area contributed by atoms with Crippen molar-refractivity contribution in [2.24, 2.45) is 0 Å². The van der Waals surface area contributed by atoms with Gasteiger partial charge in [-0.05, 0) is 57.6 Å². The highest BCUT2D eigenvalue weighted by Crippen LogP contribution is 2.32. The van der Waals surface area contributed by atoms with Gasteiger partial charge in [0.15, 0.2) is 0 Å². The van der Waals surface area contributed by atoms with E-state index in [0.717, 1.165) is 47.7 Å². The number of halogens is 1. The minimum Gasteiger partial charge on any atom is -0.306 e. The Kier molecular flexibility index (Phi) is 4.17. The Balaban J connectivity index is 1.87. The van der Waals surface area contributed by atoms with Crippen LogP contribution in [0.5, 0.6) is 0 Å². The number of benzene rings is 1. The predicted molar refractivity (Wildman–Crippen MR) is 99.8 cm³/mol. The van der Waals surface area contributed by atoms with Gasteiger partial charge < -0.3 is 4.90 Å². The first-order valence-corrected chi connectivity index (χ1v) is 9.37. The predicted octanol–water partition coefficient (Wildman–Crippen LogP) is 3.84. The number of rotatable bonds is 2. The number of hydrogen-bond acceptors (Lipinski definition) is 4. The topological polar surface area (TPSA) is 38.1 Å². The highest BCUT2D eigenvalue weighted by molar-refractivity contribution is 7.17. The summed E-state index contributed by atoms with van der Waals surface area (Å²) in [5, 5.41) is 2.60. The number of piperidine rings is 1. The molecule has 2 aromatic heterocycles. The summed E-state index contributed by atoms with van der Waals surface area (Å²) in [5.74, 6) is 0.501. The lowest BCUT2D eigenvalue weighted by atomic mass is 10.0. The van der Waals surface area contributed by atoms with Crippen LogP contribution in [-0.4, -0.2) is 34.6 Å². The number of likely N-dealkylation sites (tertiary alicyclic amines) is 1. The molecule has 1 aromatic carbocycles.